The van der Waals surface area contributed by atoms with Gasteiger partial charge in [0, 0.05) is 26.6 Å². The zero-order valence-electron chi connectivity index (χ0n) is 12.9. The smallest absolute Gasteiger partial charge is 0.220 e. The Morgan fingerprint density at radius 1 is 1.38 bits per heavy atom. The van der Waals surface area contributed by atoms with Gasteiger partial charge in [-0.15, -0.1) is 12.4 Å². The lowest BCUT2D eigenvalue weighted by Crippen LogP contribution is -2.43. The van der Waals surface area contributed by atoms with Crippen molar-refractivity contribution >= 4 is 18.3 Å². The van der Waals surface area contributed by atoms with E-state index in [1.807, 2.05) is 0 Å². The lowest BCUT2D eigenvalue weighted by atomic mass is 10.0. The summed E-state index contributed by atoms with van der Waals surface area (Å²) in [6.45, 7) is 5.77. The van der Waals surface area contributed by atoms with Crippen LogP contribution in [0.25, 0.3) is 0 Å². The maximum atomic E-state index is 12.0. The number of carbonyl (C=O) groups is 1. The highest BCUT2D eigenvalue weighted by atomic mass is 35.5. The molecule has 0 aliphatic carbocycles. The van der Waals surface area contributed by atoms with Gasteiger partial charge in [0.1, 0.15) is 0 Å². The van der Waals surface area contributed by atoms with Crippen molar-refractivity contribution in [1.82, 2.24) is 10.6 Å². The number of benzene rings is 1. The van der Waals surface area contributed by atoms with Crippen molar-refractivity contribution in [2.45, 2.75) is 38.8 Å². The van der Waals surface area contributed by atoms with E-state index in [0.29, 0.717) is 6.42 Å². The van der Waals surface area contributed by atoms with Gasteiger partial charge in [0.2, 0.25) is 5.91 Å². The Morgan fingerprint density at radius 2 is 2.14 bits per heavy atom. The van der Waals surface area contributed by atoms with Crippen LogP contribution in [0.5, 0.6) is 0 Å². The summed E-state index contributed by atoms with van der Waals surface area (Å²) in [6.07, 6.45) is 1.40. The summed E-state index contributed by atoms with van der Waals surface area (Å²) in [5, 5.41) is 6.28. The molecule has 1 saturated heterocycles. The van der Waals surface area contributed by atoms with Gasteiger partial charge in [-0.2, -0.15) is 0 Å². The van der Waals surface area contributed by atoms with Gasteiger partial charge in [-0.25, -0.2) is 0 Å². The molecule has 1 aliphatic heterocycles. The van der Waals surface area contributed by atoms with Crippen molar-refractivity contribution in [3.63, 3.8) is 0 Å². The topological polar surface area (TPSA) is 50.4 Å². The maximum Gasteiger partial charge on any atom is 0.220 e. The van der Waals surface area contributed by atoms with Crippen LogP contribution in [-0.2, 0) is 16.0 Å². The number of carbonyl (C=O) groups excluding carboxylic acids is 1. The number of rotatable bonds is 5. The van der Waals surface area contributed by atoms with E-state index in [2.05, 4.69) is 42.7 Å². The van der Waals surface area contributed by atoms with E-state index < -0.39 is 0 Å². The molecule has 1 aliphatic rings. The molecule has 4 nitrogen and oxygen atoms in total. The Hall–Kier alpha value is -1.10. The van der Waals surface area contributed by atoms with E-state index in [1.165, 1.54) is 16.7 Å². The lowest BCUT2D eigenvalue weighted by molar-refractivity contribution is -0.122. The van der Waals surface area contributed by atoms with Crippen LogP contribution in [0.3, 0.4) is 0 Å². The number of halogens is 1. The van der Waals surface area contributed by atoms with Gasteiger partial charge in [0.05, 0.1) is 12.1 Å². The minimum atomic E-state index is 0. The average Bonchev–Trinajstić information content (AvgIpc) is 2.85. The zero-order chi connectivity index (χ0) is 14.5. The first-order valence-electron chi connectivity index (χ1n) is 7.19. The monoisotopic (exact) mass is 312 g/mol. The van der Waals surface area contributed by atoms with E-state index in [4.69, 9.17) is 4.74 Å². The van der Waals surface area contributed by atoms with Crippen molar-refractivity contribution in [3.05, 3.63) is 34.9 Å². The number of hydrogen-bond donors (Lipinski definition) is 2. The number of amides is 1. The highest BCUT2D eigenvalue weighted by Gasteiger charge is 2.27. The van der Waals surface area contributed by atoms with E-state index in [9.17, 15) is 4.79 Å². The molecule has 0 bridgehead atoms. The molecular weight excluding hydrogens is 288 g/mol. The van der Waals surface area contributed by atoms with E-state index in [1.54, 1.807) is 7.11 Å². The largest absolute Gasteiger partial charge is 0.378 e. The van der Waals surface area contributed by atoms with Crippen LogP contribution in [0.1, 0.15) is 23.1 Å². The molecule has 2 N–H and O–H groups in total. The van der Waals surface area contributed by atoms with Crippen LogP contribution < -0.4 is 10.6 Å². The van der Waals surface area contributed by atoms with Crippen LogP contribution in [0, 0.1) is 13.8 Å². The van der Waals surface area contributed by atoms with Gasteiger partial charge < -0.3 is 15.4 Å². The summed E-state index contributed by atoms with van der Waals surface area (Å²) in [6, 6.07) is 6.47. The predicted octanol–water partition coefficient (Wildman–Crippen LogP) is 1.76. The molecule has 2 atom stereocenters. The minimum absolute atomic E-state index is 0. The number of hydrogen-bond acceptors (Lipinski definition) is 3. The fraction of sp³-hybridized carbons (Fsp3) is 0.562. The Labute approximate surface area is 133 Å². The van der Waals surface area contributed by atoms with Gasteiger partial charge in [0.15, 0.2) is 0 Å². The Bertz CT molecular complexity index is 479. The Kier molecular flexibility index (Phi) is 7.15. The van der Waals surface area contributed by atoms with Crippen molar-refractivity contribution in [1.29, 1.82) is 0 Å². The fourth-order valence-electron chi connectivity index (χ4n) is 2.70. The second kappa shape index (κ2) is 8.37. The number of nitrogens with one attached hydrogen (secondary N) is 2. The van der Waals surface area contributed by atoms with Gasteiger partial charge in [-0.3, -0.25) is 4.79 Å². The highest BCUT2D eigenvalue weighted by molar-refractivity contribution is 5.85. The number of aryl methyl sites for hydroxylation is 3. The van der Waals surface area contributed by atoms with Gasteiger partial charge in [-0.05, 0) is 31.4 Å². The summed E-state index contributed by atoms with van der Waals surface area (Å²) in [7, 11) is 1.69. The van der Waals surface area contributed by atoms with Gasteiger partial charge in [-0.1, -0.05) is 23.8 Å². The molecule has 118 valence electrons. The molecule has 1 heterocycles. The molecule has 2 rings (SSSR count). The third-order valence-corrected chi connectivity index (χ3v) is 3.93. The van der Waals surface area contributed by atoms with Crippen molar-refractivity contribution in [2.24, 2.45) is 0 Å². The van der Waals surface area contributed by atoms with E-state index in [0.717, 1.165) is 19.5 Å². The second-order valence-electron chi connectivity index (χ2n) is 5.54. The normalized spacial score (nSPS) is 20.9. The molecule has 1 amide bonds. The second-order valence-corrected chi connectivity index (χ2v) is 5.54. The van der Waals surface area contributed by atoms with Crippen LogP contribution >= 0.6 is 12.4 Å². The van der Waals surface area contributed by atoms with Crippen LogP contribution in [0.4, 0.5) is 0 Å². The molecule has 21 heavy (non-hydrogen) atoms. The summed E-state index contributed by atoms with van der Waals surface area (Å²) >= 11 is 0. The van der Waals surface area contributed by atoms with E-state index in [-0.39, 0.29) is 30.5 Å². The maximum absolute atomic E-state index is 12.0. The molecule has 2 unspecified atom stereocenters. The molecule has 5 heteroatoms. The quantitative estimate of drug-likeness (QED) is 0.871. The average molecular weight is 313 g/mol. The summed E-state index contributed by atoms with van der Waals surface area (Å²) in [4.78, 5) is 12.0. The molecule has 0 saturated carbocycles. The molecular formula is C16H25ClN2O2. The molecule has 0 radical (unpaired) electrons. The van der Waals surface area contributed by atoms with Gasteiger partial charge >= 0.3 is 0 Å². The zero-order valence-corrected chi connectivity index (χ0v) is 13.8. The van der Waals surface area contributed by atoms with Crippen molar-refractivity contribution in [2.75, 3.05) is 20.2 Å². The third kappa shape index (κ3) is 4.99. The fourth-order valence-corrected chi connectivity index (χ4v) is 2.70. The summed E-state index contributed by atoms with van der Waals surface area (Å²) in [5.41, 5.74) is 3.77. The van der Waals surface area contributed by atoms with Crippen LogP contribution in [0.2, 0.25) is 0 Å². The first-order valence-corrected chi connectivity index (χ1v) is 7.19. The molecule has 1 aromatic carbocycles. The van der Waals surface area contributed by atoms with Crippen LogP contribution in [0.15, 0.2) is 18.2 Å². The Balaban J connectivity index is 0.00000220. The third-order valence-electron chi connectivity index (χ3n) is 3.93. The number of methoxy groups -OCH3 is 1. The molecule has 1 fully saturated rings. The SMILES string of the molecule is COC1CNCC1NC(=O)CCc1ccc(C)cc1C.Cl. The van der Waals surface area contributed by atoms with Gasteiger partial charge in [0.25, 0.3) is 0 Å². The first kappa shape index (κ1) is 18.0. The highest BCUT2D eigenvalue weighted by Crippen LogP contribution is 2.13. The molecule has 0 aromatic heterocycles. The Morgan fingerprint density at radius 3 is 2.81 bits per heavy atom. The number of ether oxygens (including phenoxy) is 1. The summed E-state index contributed by atoms with van der Waals surface area (Å²) in [5.74, 6) is 0.0979. The lowest BCUT2D eigenvalue weighted by Gasteiger charge is -2.18. The van der Waals surface area contributed by atoms with Crippen LogP contribution in [-0.4, -0.2) is 38.3 Å². The van der Waals surface area contributed by atoms with Crippen molar-refractivity contribution in [3.8, 4) is 0 Å². The summed E-state index contributed by atoms with van der Waals surface area (Å²) < 4.78 is 5.34. The molecule has 1 aromatic rings. The van der Waals surface area contributed by atoms with Crippen molar-refractivity contribution < 1.29 is 9.53 Å². The first-order chi connectivity index (χ1) is 9.60. The standard InChI is InChI=1S/C16H24N2O2.ClH/c1-11-4-5-13(12(2)8-11)6-7-16(19)18-14-9-17-10-15(14)20-3;/h4-5,8,14-15,17H,6-7,9-10H2,1-3H3,(H,18,19);1H. The van der Waals surface area contributed by atoms with E-state index >= 15 is 0 Å². The predicted molar refractivity (Wildman–Crippen MR) is 87.1 cm³/mol. The minimum Gasteiger partial charge on any atom is -0.378 e. The molecule has 0 spiro atoms.